The molecule has 1 N–H and O–H groups in total. The van der Waals surface area contributed by atoms with Crippen LogP contribution >= 0.6 is 0 Å². The van der Waals surface area contributed by atoms with E-state index in [1.54, 1.807) is 13.8 Å². The number of nitrogens with one attached hydrogen (secondary N) is 1. The van der Waals surface area contributed by atoms with Gasteiger partial charge >= 0.3 is 5.69 Å². The molecule has 0 fully saturated rings. The zero-order chi connectivity index (χ0) is 11.1. The molecular weight excluding hydrogens is 180 g/mol. The minimum Gasteiger partial charge on any atom is -0.311 e. The summed E-state index contributed by atoms with van der Waals surface area (Å²) in [5.74, 6) is 0. The van der Waals surface area contributed by atoms with Crippen LogP contribution in [-0.4, -0.2) is 9.55 Å². The van der Waals surface area contributed by atoms with E-state index in [2.05, 4.69) is 4.98 Å². The number of aromatic nitrogens is 2. The lowest BCUT2D eigenvalue weighted by Crippen LogP contribution is -2.46. The number of rotatable bonds is 0. The SMILES string of the molecule is Cc1[nH]c(=O)n(C(C)(C)C)c(=O)c1C. The third kappa shape index (κ3) is 1.64. The number of aryl methyl sites for hydroxylation is 1. The molecule has 0 atom stereocenters. The maximum Gasteiger partial charge on any atom is 0.329 e. The lowest BCUT2D eigenvalue weighted by Gasteiger charge is -2.21. The van der Waals surface area contributed by atoms with Crippen molar-refractivity contribution >= 4 is 0 Å². The number of nitrogens with zero attached hydrogens (tertiary/aromatic N) is 1. The van der Waals surface area contributed by atoms with Crippen LogP contribution in [0.5, 0.6) is 0 Å². The van der Waals surface area contributed by atoms with Gasteiger partial charge in [0.25, 0.3) is 5.56 Å². The zero-order valence-electron chi connectivity index (χ0n) is 9.26. The van der Waals surface area contributed by atoms with E-state index in [0.717, 1.165) is 0 Å². The molecule has 4 nitrogen and oxygen atoms in total. The van der Waals surface area contributed by atoms with Gasteiger partial charge in [-0.2, -0.15) is 0 Å². The molecule has 1 aromatic heterocycles. The second-order valence-corrected chi connectivity index (χ2v) is 4.49. The molecule has 78 valence electrons. The highest BCUT2D eigenvalue weighted by molar-refractivity contribution is 5.13. The largest absolute Gasteiger partial charge is 0.329 e. The summed E-state index contributed by atoms with van der Waals surface area (Å²) in [6.07, 6.45) is 0. The van der Waals surface area contributed by atoms with Gasteiger partial charge in [0.1, 0.15) is 0 Å². The minimum atomic E-state index is -0.483. The molecule has 1 rings (SSSR count). The van der Waals surface area contributed by atoms with Gasteiger partial charge in [-0.25, -0.2) is 4.79 Å². The number of hydrogen-bond acceptors (Lipinski definition) is 2. The van der Waals surface area contributed by atoms with E-state index in [4.69, 9.17) is 0 Å². The first-order chi connectivity index (χ1) is 6.25. The second kappa shape index (κ2) is 3.12. The quantitative estimate of drug-likeness (QED) is 0.670. The van der Waals surface area contributed by atoms with Gasteiger partial charge < -0.3 is 4.98 Å². The minimum absolute atomic E-state index is 0.209. The fraction of sp³-hybridized carbons (Fsp3) is 0.600. The maximum atomic E-state index is 11.8. The molecule has 1 aromatic rings. The molecule has 0 aromatic carbocycles. The Bertz CT molecular complexity index is 460. The van der Waals surface area contributed by atoms with Crippen molar-refractivity contribution in [3.8, 4) is 0 Å². The molecule has 0 unspecified atom stereocenters. The van der Waals surface area contributed by atoms with E-state index in [0.29, 0.717) is 11.3 Å². The van der Waals surface area contributed by atoms with Crippen LogP contribution in [0.4, 0.5) is 0 Å². The molecule has 0 saturated heterocycles. The van der Waals surface area contributed by atoms with Gasteiger partial charge in [-0.1, -0.05) is 0 Å². The Balaban J connectivity index is 3.71. The Morgan fingerprint density at radius 1 is 1.14 bits per heavy atom. The molecule has 0 bridgehead atoms. The molecule has 4 heteroatoms. The van der Waals surface area contributed by atoms with E-state index in [-0.39, 0.29) is 11.2 Å². The van der Waals surface area contributed by atoms with Crippen molar-refractivity contribution in [3.05, 3.63) is 32.1 Å². The highest BCUT2D eigenvalue weighted by Crippen LogP contribution is 2.07. The van der Waals surface area contributed by atoms with Crippen LogP contribution in [0, 0.1) is 13.8 Å². The molecule has 0 aliphatic carbocycles. The third-order valence-corrected chi connectivity index (χ3v) is 2.25. The van der Waals surface area contributed by atoms with Gasteiger partial charge in [0.15, 0.2) is 0 Å². The van der Waals surface area contributed by atoms with E-state index < -0.39 is 5.54 Å². The van der Waals surface area contributed by atoms with Crippen LogP contribution in [0.25, 0.3) is 0 Å². The van der Waals surface area contributed by atoms with Gasteiger partial charge in [0, 0.05) is 16.8 Å². The Morgan fingerprint density at radius 3 is 2.07 bits per heavy atom. The average Bonchev–Trinajstić information content (AvgIpc) is 1.97. The highest BCUT2D eigenvalue weighted by atomic mass is 16.2. The fourth-order valence-electron chi connectivity index (χ4n) is 1.34. The maximum absolute atomic E-state index is 11.8. The van der Waals surface area contributed by atoms with E-state index in [1.807, 2.05) is 20.8 Å². The van der Waals surface area contributed by atoms with Crippen molar-refractivity contribution < 1.29 is 0 Å². The van der Waals surface area contributed by atoms with E-state index in [9.17, 15) is 9.59 Å². The summed E-state index contributed by atoms with van der Waals surface area (Å²) in [5, 5.41) is 0. The lowest BCUT2D eigenvalue weighted by atomic mass is 10.1. The Kier molecular flexibility index (Phi) is 2.39. The van der Waals surface area contributed by atoms with Crippen molar-refractivity contribution in [2.45, 2.75) is 40.2 Å². The molecule has 14 heavy (non-hydrogen) atoms. The molecule has 1 heterocycles. The monoisotopic (exact) mass is 196 g/mol. The summed E-state index contributed by atoms with van der Waals surface area (Å²) in [4.78, 5) is 26.0. The number of aromatic amines is 1. The van der Waals surface area contributed by atoms with Crippen molar-refractivity contribution in [1.29, 1.82) is 0 Å². The van der Waals surface area contributed by atoms with Crippen molar-refractivity contribution in [2.24, 2.45) is 0 Å². The molecule has 0 amide bonds. The van der Waals surface area contributed by atoms with Crippen LogP contribution in [0.3, 0.4) is 0 Å². The number of H-pyrrole nitrogens is 1. The van der Waals surface area contributed by atoms with Crippen LogP contribution in [0.15, 0.2) is 9.59 Å². The van der Waals surface area contributed by atoms with Crippen LogP contribution < -0.4 is 11.2 Å². The first-order valence-corrected chi connectivity index (χ1v) is 4.58. The van der Waals surface area contributed by atoms with E-state index >= 15 is 0 Å². The molecule has 0 aliphatic heterocycles. The third-order valence-electron chi connectivity index (χ3n) is 2.25. The Labute approximate surface area is 82.6 Å². The van der Waals surface area contributed by atoms with Crippen LogP contribution in [0.2, 0.25) is 0 Å². The van der Waals surface area contributed by atoms with Crippen molar-refractivity contribution in [1.82, 2.24) is 9.55 Å². The molecular formula is C10H16N2O2. The summed E-state index contributed by atoms with van der Waals surface area (Å²) in [6, 6.07) is 0. The Morgan fingerprint density at radius 2 is 1.64 bits per heavy atom. The smallest absolute Gasteiger partial charge is 0.311 e. The van der Waals surface area contributed by atoms with Gasteiger partial charge in [-0.15, -0.1) is 0 Å². The standard InChI is InChI=1S/C10H16N2O2/c1-6-7(2)11-9(14)12(8(6)13)10(3,4)5/h1-5H3,(H,11,14). The predicted octanol–water partition coefficient (Wildman–Crippen LogP) is 0.908. The molecule has 0 saturated carbocycles. The summed E-state index contributed by atoms with van der Waals surface area (Å²) < 4.78 is 1.25. The summed E-state index contributed by atoms with van der Waals surface area (Å²) in [7, 11) is 0. The second-order valence-electron chi connectivity index (χ2n) is 4.49. The van der Waals surface area contributed by atoms with Gasteiger partial charge in [0.05, 0.1) is 0 Å². The van der Waals surface area contributed by atoms with E-state index in [1.165, 1.54) is 4.57 Å². The topological polar surface area (TPSA) is 54.9 Å². The van der Waals surface area contributed by atoms with Crippen LogP contribution in [0.1, 0.15) is 32.0 Å². The first-order valence-electron chi connectivity index (χ1n) is 4.58. The predicted molar refractivity (Wildman–Crippen MR) is 55.8 cm³/mol. The van der Waals surface area contributed by atoms with Gasteiger partial charge in [0.2, 0.25) is 0 Å². The summed E-state index contributed by atoms with van der Waals surface area (Å²) >= 11 is 0. The highest BCUT2D eigenvalue weighted by Gasteiger charge is 2.19. The summed E-state index contributed by atoms with van der Waals surface area (Å²) in [6.45, 7) is 8.94. The lowest BCUT2D eigenvalue weighted by molar-refractivity contribution is 0.364. The Hall–Kier alpha value is -1.32. The molecule has 0 radical (unpaired) electrons. The number of hydrogen-bond donors (Lipinski definition) is 1. The van der Waals surface area contributed by atoms with Crippen molar-refractivity contribution in [2.75, 3.05) is 0 Å². The average molecular weight is 196 g/mol. The summed E-state index contributed by atoms with van der Waals surface area (Å²) in [5.41, 5.74) is 0.202. The first kappa shape index (κ1) is 10.8. The zero-order valence-corrected chi connectivity index (χ0v) is 9.26. The normalized spacial score (nSPS) is 11.8. The van der Waals surface area contributed by atoms with Crippen molar-refractivity contribution in [3.63, 3.8) is 0 Å². The van der Waals surface area contributed by atoms with Gasteiger partial charge in [-0.05, 0) is 34.6 Å². The fourth-order valence-corrected chi connectivity index (χ4v) is 1.34. The van der Waals surface area contributed by atoms with Gasteiger partial charge in [-0.3, -0.25) is 9.36 Å². The molecule has 0 aliphatic rings. The van der Waals surface area contributed by atoms with Crippen LogP contribution in [-0.2, 0) is 5.54 Å². The molecule has 0 spiro atoms.